The third-order valence-electron chi connectivity index (χ3n) is 2.98. The minimum absolute atomic E-state index is 0.311. The quantitative estimate of drug-likeness (QED) is 0.682. The summed E-state index contributed by atoms with van der Waals surface area (Å²) in [5, 5.41) is 3.51. The van der Waals surface area contributed by atoms with Crippen LogP contribution in [-0.4, -0.2) is 36.6 Å². The lowest BCUT2D eigenvalue weighted by Crippen LogP contribution is -2.54. The fourth-order valence-corrected chi connectivity index (χ4v) is 2.10. The van der Waals surface area contributed by atoms with Crippen LogP contribution in [0.2, 0.25) is 0 Å². The van der Waals surface area contributed by atoms with E-state index in [9.17, 15) is 0 Å². The molecule has 1 saturated heterocycles. The van der Waals surface area contributed by atoms with Gasteiger partial charge in [-0.15, -0.1) is 6.42 Å². The molecule has 1 aliphatic rings. The van der Waals surface area contributed by atoms with Gasteiger partial charge in [0, 0.05) is 25.7 Å². The summed E-state index contributed by atoms with van der Waals surface area (Å²) in [4.78, 5) is 2.44. The standard InChI is InChI=1S/C12H22N2/c1-5-11-9-14(8-7-13-11)12(6-2)10(3)4/h2,10-13H,5,7-9H2,1,3-4H3. The van der Waals surface area contributed by atoms with Gasteiger partial charge in [0.25, 0.3) is 0 Å². The van der Waals surface area contributed by atoms with E-state index in [1.165, 1.54) is 6.42 Å². The predicted molar refractivity (Wildman–Crippen MR) is 61.1 cm³/mol. The first-order chi connectivity index (χ1) is 6.69. The van der Waals surface area contributed by atoms with Gasteiger partial charge >= 0.3 is 0 Å². The minimum Gasteiger partial charge on any atom is -0.311 e. The fraction of sp³-hybridized carbons (Fsp3) is 0.833. The van der Waals surface area contributed by atoms with Crippen LogP contribution >= 0.6 is 0 Å². The van der Waals surface area contributed by atoms with E-state index in [2.05, 4.69) is 36.9 Å². The van der Waals surface area contributed by atoms with Crippen molar-refractivity contribution in [2.45, 2.75) is 39.3 Å². The fourth-order valence-electron chi connectivity index (χ4n) is 2.10. The van der Waals surface area contributed by atoms with Crippen molar-refractivity contribution in [3.05, 3.63) is 0 Å². The molecule has 0 bridgehead atoms. The van der Waals surface area contributed by atoms with Crippen molar-refractivity contribution in [3.8, 4) is 12.3 Å². The van der Waals surface area contributed by atoms with Gasteiger partial charge in [0.15, 0.2) is 0 Å². The Kier molecular flexibility index (Phi) is 4.44. The van der Waals surface area contributed by atoms with Crippen LogP contribution in [0.3, 0.4) is 0 Å². The minimum atomic E-state index is 0.311. The molecule has 0 radical (unpaired) electrons. The molecule has 2 atom stereocenters. The van der Waals surface area contributed by atoms with Gasteiger partial charge in [-0.05, 0) is 12.3 Å². The van der Waals surface area contributed by atoms with Crippen LogP contribution in [-0.2, 0) is 0 Å². The van der Waals surface area contributed by atoms with Gasteiger partial charge in [0.05, 0.1) is 6.04 Å². The van der Waals surface area contributed by atoms with Crippen molar-refractivity contribution < 1.29 is 0 Å². The summed E-state index contributed by atoms with van der Waals surface area (Å²) >= 11 is 0. The van der Waals surface area contributed by atoms with Crippen molar-refractivity contribution >= 4 is 0 Å². The number of nitrogens with zero attached hydrogens (tertiary/aromatic N) is 1. The lowest BCUT2D eigenvalue weighted by Gasteiger charge is -2.38. The van der Waals surface area contributed by atoms with Crippen molar-refractivity contribution in [3.63, 3.8) is 0 Å². The summed E-state index contributed by atoms with van der Waals surface area (Å²) in [5.74, 6) is 3.47. The summed E-state index contributed by atoms with van der Waals surface area (Å²) in [5.41, 5.74) is 0. The highest BCUT2D eigenvalue weighted by atomic mass is 15.2. The molecule has 1 N–H and O–H groups in total. The Morgan fingerprint density at radius 3 is 2.79 bits per heavy atom. The van der Waals surface area contributed by atoms with E-state index < -0.39 is 0 Å². The molecule has 1 fully saturated rings. The number of hydrogen-bond donors (Lipinski definition) is 1. The SMILES string of the molecule is C#CC(C(C)C)N1CCNC(CC)C1. The van der Waals surface area contributed by atoms with E-state index in [4.69, 9.17) is 6.42 Å². The molecule has 2 unspecified atom stereocenters. The molecule has 0 aromatic heterocycles. The third-order valence-corrected chi connectivity index (χ3v) is 2.98. The molecule has 80 valence electrons. The summed E-state index contributed by atoms with van der Waals surface area (Å²) in [7, 11) is 0. The molecule has 2 heteroatoms. The van der Waals surface area contributed by atoms with E-state index in [-0.39, 0.29) is 0 Å². The first-order valence-electron chi connectivity index (χ1n) is 5.62. The molecule has 14 heavy (non-hydrogen) atoms. The zero-order valence-electron chi connectivity index (χ0n) is 9.59. The average molecular weight is 194 g/mol. The van der Waals surface area contributed by atoms with E-state index in [0.717, 1.165) is 19.6 Å². The molecule has 0 saturated carbocycles. The molecule has 0 aromatic rings. The number of rotatable bonds is 3. The van der Waals surface area contributed by atoms with Crippen molar-refractivity contribution in [2.75, 3.05) is 19.6 Å². The Hall–Kier alpha value is -0.520. The maximum atomic E-state index is 5.58. The molecular formula is C12H22N2. The number of hydrogen-bond acceptors (Lipinski definition) is 2. The maximum absolute atomic E-state index is 5.58. The zero-order valence-corrected chi connectivity index (χ0v) is 9.59. The Bertz CT molecular complexity index is 205. The Morgan fingerprint density at radius 1 is 1.57 bits per heavy atom. The second-order valence-electron chi connectivity index (χ2n) is 4.41. The molecule has 0 spiro atoms. The van der Waals surface area contributed by atoms with Gasteiger partial charge in [-0.2, -0.15) is 0 Å². The highest BCUT2D eigenvalue weighted by molar-refractivity contribution is 5.03. The second kappa shape index (κ2) is 5.38. The number of nitrogens with one attached hydrogen (secondary N) is 1. The first kappa shape index (κ1) is 11.6. The molecule has 1 aliphatic heterocycles. The molecular weight excluding hydrogens is 172 g/mol. The maximum Gasteiger partial charge on any atom is 0.0736 e. The van der Waals surface area contributed by atoms with Crippen LogP contribution in [0.15, 0.2) is 0 Å². The largest absolute Gasteiger partial charge is 0.311 e. The van der Waals surface area contributed by atoms with Gasteiger partial charge < -0.3 is 5.32 Å². The van der Waals surface area contributed by atoms with E-state index >= 15 is 0 Å². The Morgan fingerprint density at radius 2 is 2.29 bits per heavy atom. The third kappa shape index (κ3) is 2.73. The Labute approximate surface area is 88.1 Å². The highest BCUT2D eigenvalue weighted by Crippen LogP contribution is 2.13. The van der Waals surface area contributed by atoms with Crippen LogP contribution in [0.1, 0.15) is 27.2 Å². The second-order valence-corrected chi connectivity index (χ2v) is 4.41. The normalized spacial score (nSPS) is 26.1. The summed E-state index contributed by atoms with van der Waals surface area (Å²) < 4.78 is 0. The number of terminal acetylenes is 1. The summed E-state index contributed by atoms with van der Waals surface area (Å²) in [6.07, 6.45) is 6.77. The van der Waals surface area contributed by atoms with Crippen LogP contribution in [0.5, 0.6) is 0 Å². The molecule has 1 rings (SSSR count). The zero-order chi connectivity index (χ0) is 10.6. The number of piperazine rings is 1. The predicted octanol–water partition coefficient (Wildman–Crippen LogP) is 1.33. The van der Waals surface area contributed by atoms with Gasteiger partial charge in [-0.3, -0.25) is 4.90 Å². The van der Waals surface area contributed by atoms with Gasteiger partial charge in [0.1, 0.15) is 0 Å². The van der Waals surface area contributed by atoms with Gasteiger partial charge in [-0.25, -0.2) is 0 Å². The molecule has 0 aliphatic carbocycles. The van der Waals surface area contributed by atoms with Crippen molar-refractivity contribution in [1.82, 2.24) is 10.2 Å². The molecule has 0 amide bonds. The first-order valence-corrected chi connectivity index (χ1v) is 5.62. The van der Waals surface area contributed by atoms with Gasteiger partial charge in [0.2, 0.25) is 0 Å². The van der Waals surface area contributed by atoms with Crippen LogP contribution < -0.4 is 5.32 Å². The average Bonchev–Trinajstić information content (AvgIpc) is 2.19. The van der Waals surface area contributed by atoms with Crippen molar-refractivity contribution in [1.29, 1.82) is 0 Å². The van der Waals surface area contributed by atoms with Crippen LogP contribution in [0, 0.1) is 18.3 Å². The van der Waals surface area contributed by atoms with E-state index in [0.29, 0.717) is 18.0 Å². The summed E-state index contributed by atoms with van der Waals surface area (Å²) in [6.45, 7) is 9.89. The Balaban J connectivity index is 2.54. The van der Waals surface area contributed by atoms with Crippen molar-refractivity contribution in [2.24, 2.45) is 5.92 Å². The van der Waals surface area contributed by atoms with E-state index in [1.54, 1.807) is 0 Å². The smallest absolute Gasteiger partial charge is 0.0736 e. The van der Waals surface area contributed by atoms with Crippen LogP contribution in [0.4, 0.5) is 0 Å². The molecule has 2 nitrogen and oxygen atoms in total. The topological polar surface area (TPSA) is 15.3 Å². The lowest BCUT2D eigenvalue weighted by atomic mass is 10.0. The van der Waals surface area contributed by atoms with Gasteiger partial charge in [-0.1, -0.05) is 26.7 Å². The van der Waals surface area contributed by atoms with E-state index in [1.807, 2.05) is 0 Å². The molecule has 1 heterocycles. The molecule has 0 aromatic carbocycles. The lowest BCUT2D eigenvalue weighted by molar-refractivity contribution is 0.144. The highest BCUT2D eigenvalue weighted by Gasteiger charge is 2.24. The summed E-state index contributed by atoms with van der Waals surface area (Å²) in [6, 6.07) is 0.935. The monoisotopic (exact) mass is 194 g/mol. The van der Waals surface area contributed by atoms with Crippen LogP contribution in [0.25, 0.3) is 0 Å².